The minimum absolute atomic E-state index is 0.00548. The summed E-state index contributed by atoms with van der Waals surface area (Å²) in [6, 6.07) is 6.28. The molecule has 4 heteroatoms. The van der Waals surface area contributed by atoms with Crippen molar-refractivity contribution in [2.45, 2.75) is 97.5 Å². The Labute approximate surface area is 170 Å². The van der Waals surface area contributed by atoms with Gasteiger partial charge in [-0.05, 0) is 43.7 Å². The molecule has 1 aromatic rings. The van der Waals surface area contributed by atoms with Crippen LogP contribution in [0.25, 0.3) is 0 Å². The second kappa shape index (κ2) is 14.2. The molecule has 0 heterocycles. The first-order valence-electron chi connectivity index (χ1n) is 11.0. The average Bonchev–Trinajstić information content (AvgIpc) is 2.67. The Morgan fingerprint density at radius 1 is 0.857 bits per heavy atom. The third-order valence-electron chi connectivity index (χ3n) is 5.09. The summed E-state index contributed by atoms with van der Waals surface area (Å²) in [6.45, 7) is 6.68. The van der Waals surface area contributed by atoms with E-state index < -0.39 is 11.9 Å². The van der Waals surface area contributed by atoms with Crippen LogP contribution in [0.3, 0.4) is 0 Å². The van der Waals surface area contributed by atoms with E-state index in [0.717, 1.165) is 44.4 Å². The molecule has 0 amide bonds. The van der Waals surface area contributed by atoms with Crippen LogP contribution in [0.5, 0.6) is 0 Å². The van der Waals surface area contributed by atoms with Crippen molar-refractivity contribution in [3.63, 3.8) is 0 Å². The van der Waals surface area contributed by atoms with E-state index in [-0.39, 0.29) is 17.2 Å². The summed E-state index contributed by atoms with van der Waals surface area (Å²) in [5.41, 5.74) is 0.149. The number of carbonyl (C=O) groups is 2. The van der Waals surface area contributed by atoms with Crippen molar-refractivity contribution in [3.05, 3.63) is 35.4 Å². The first-order chi connectivity index (χ1) is 13.5. The summed E-state index contributed by atoms with van der Waals surface area (Å²) in [5, 5.41) is 9.30. The summed E-state index contributed by atoms with van der Waals surface area (Å²) in [7, 11) is 0. The molecule has 0 saturated carbocycles. The van der Waals surface area contributed by atoms with Gasteiger partial charge in [0.15, 0.2) is 0 Å². The number of benzene rings is 1. The van der Waals surface area contributed by atoms with Gasteiger partial charge in [-0.1, -0.05) is 77.8 Å². The fourth-order valence-electron chi connectivity index (χ4n) is 3.40. The molecule has 0 bridgehead atoms. The molecule has 0 aliphatic heterocycles. The van der Waals surface area contributed by atoms with Gasteiger partial charge in [0.25, 0.3) is 0 Å². The predicted molar refractivity (Wildman–Crippen MR) is 114 cm³/mol. The van der Waals surface area contributed by atoms with Crippen LogP contribution in [0.15, 0.2) is 24.3 Å². The zero-order valence-electron chi connectivity index (χ0n) is 17.9. The van der Waals surface area contributed by atoms with Crippen molar-refractivity contribution < 1.29 is 19.4 Å². The van der Waals surface area contributed by atoms with Crippen LogP contribution in [0.1, 0.15) is 112 Å². The Hall–Kier alpha value is -1.84. The van der Waals surface area contributed by atoms with Crippen molar-refractivity contribution in [2.75, 3.05) is 0 Å². The quantitative estimate of drug-likeness (QED) is 0.262. The zero-order chi connectivity index (χ0) is 20.8. The fraction of sp³-hybridized carbons (Fsp3) is 0.667. The van der Waals surface area contributed by atoms with Gasteiger partial charge in [-0.2, -0.15) is 0 Å². The number of esters is 1. The van der Waals surface area contributed by atoms with Crippen LogP contribution in [0.2, 0.25) is 0 Å². The third kappa shape index (κ3) is 9.91. The van der Waals surface area contributed by atoms with E-state index in [4.69, 9.17) is 4.74 Å². The number of rotatable bonds is 15. The first kappa shape index (κ1) is 24.2. The van der Waals surface area contributed by atoms with Gasteiger partial charge >= 0.3 is 11.9 Å². The van der Waals surface area contributed by atoms with Crippen LogP contribution in [0.4, 0.5) is 0 Å². The Morgan fingerprint density at radius 3 is 1.93 bits per heavy atom. The molecule has 28 heavy (non-hydrogen) atoms. The Balaban J connectivity index is 2.58. The average molecular weight is 391 g/mol. The number of carbonyl (C=O) groups excluding carboxylic acids is 1. The Bertz CT molecular complexity index is 580. The second-order valence-electron chi connectivity index (χ2n) is 8.11. The molecule has 1 atom stereocenters. The summed E-state index contributed by atoms with van der Waals surface area (Å²) < 4.78 is 5.75. The standard InChI is InChI=1S/C24H38O4/c1-4-5-6-10-15-20(16-11-8-7-9-14-19(2)3)28-24(27)22-18-13-12-17-21(22)23(25)26/h12-13,17-20H,4-11,14-16H2,1-3H3,(H,25,26). The van der Waals surface area contributed by atoms with E-state index in [1.165, 1.54) is 44.2 Å². The molecule has 1 rings (SSSR count). The maximum atomic E-state index is 12.6. The second-order valence-corrected chi connectivity index (χ2v) is 8.11. The van der Waals surface area contributed by atoms with E-state index in [1.807, 2.05) is 0 Å². The zero-order valence-corrected chi connectivity index (χ0v) is 17.9. The van der Waals surface area contributed by atoms with Crippen LogP contribution in [-0.2, 0) is 4.74 Å². The van der Waals surface area contributed by atoms with Gasteiger partial charge in [-0.3, -0.25) is 0 Å². The lowest BCUT2D eigenvalue weighted by Gasteiger charge is -2.19. The molecule has 0 aliphatic carbocycles. The highest BCUT2D eigenvalue weighted by Crippen LogP contribution is 2.19. The van der Waals surface area contributed by atoms with Crippen molar-refractivity contribution in [3.8, 4) is 0 Å². The number of hydrogen-bond acceptors (Lipinski definition) is 3. The molecule has 0 saturated heterocycles. The number of hydrogen-bond donors (Lipinski definition) is 1. The molecule has 0 fully saturated rings. The molecule has 158 valence electrons. The largest absolute Gasteiger partial charge is 0.478 e. The molecular weight excluding hydrogens is 352 g/mol. The molecular formula is C24H38O4. The van der Waals surface area contributed by atoms with Crippen LogP contribution in [0, 0.1) is 5.92 Å². The van der Waals surface area contributed by atoms with E-state index in [9.17, 15) is 14.7 Å². The molecule has 4 nitrogen and oxygen atoms in total. The summed E-state index contributed by atoms with van der Waals surface area (Å²) in [5.74, 6) is -0.864. The number of ether oxygens (including phenoxy) is 1. The molecule has 0 aliphatic rings. The molecule has 0 spiro atoms. The van der Waals surface area contributed by atoms with Gasteiger partial charge in [-0.25, -0.2) is 9.59 Å². The number of carboxylic acid groups (broad SMARTS) is 1. The number of unbranched alkanes of at least 4 members (excludes halogenated alkanes) is 6. The van der Waals surface area contributed by atoms with E-state index in [2.05, 4.69) is 20.8 Å². The fourth-order valence-corrected chi connectivity index (χ4v) is 3.40. The lowest BCUT2D eigenvalue weighted by atomic mass is 10.0. The van der Waals surface area contributed by atoms with Gasteiger partial charge in [-0.15, -0.1) is 0 Å². The molecule has 1 unspecified atom stereocenters. The van der Waals surface area contributed by atoms with Crippen LogP contribution >= 0.6 is 0 Å². The normalized spacial score (nSPS) is 12.1. The molecule has 1 N–H and O–H groups in total. The predicted octanol–water partition coefficient (Wildman–Crippen LogP) is 6.88. The highest BCUT2D eigenvalue weighted by molar-refractivity contribution is 6.02. The van der Waals surface area contributed by atoms with Gasteiger partial charge in [0, 0.05) is 0 Å². The lowest BCUT2D eigenvalue weighted by molar-refractivity contribution is 0.0244. The van der Waals surface area contributed by atoms with Crippen molar-refractivity contribution in [2.24, 2.45) is 5.92 Å². The van der Waals surface area contributed by atoms with Gasteiger partial charge in [0.1, 0.15) is 6.10 Å². The van der Waals surface area contributed by atoms with Crippen LogP contribution < -0.4 is 0 Å². The third-order valence-corrected chi connectivity index (χ3v) is 5.09. The van der Waals surface area contributed by atoms with E-state index in [1.54, 1.807) is 12.1 Å². The lowest BCUT2D eigenvalue weighted by Crippen LogP contribution is -2.20. The minimum atomic E-state index is -1.10. The van der Waals surface area contributed by atoms with Crippen molar-refractivity contribution in [1.82, 2.24) is 0 Å². The minimum Gasteiger partial charge on any atom is -0.478 e. The highest BCUT2D eigenvalue weighted by Gasteiger charge is 2.20. The van der Waals surface area contributed by atoms with Gasteiger partial charge in [0.05, 0.1) is 11.1 Å². The smallest absolute Gasteiger partial charge is 0.339 e. The van der Waals surface area contributed by atoms with Crippen LogP contribution in [-0.4, -0.2) is 23.1 Å². The topological polar surface area (TPSA) is 63.6 Å². The highest BCUT2D eigenvalue weighted by atomic mass is 16.5. The van der Waals surface area contributed by atoms with E-state index >= 15 is 0 Å². The van der Waals surface area contributed by atoms with Crippen molar-refractivity contribution in [1.29, 1.82) is 0 Å². The Morgan fingerprint density at radius 2 is 1.39 bits per heavy atom. The number of aromatic carboxylic acids is 1. The molecule has 1 aromatic carbocycles. The summed E-state index contributed by atoms with van der Waals surface area (Å²) in [4.78, 5) is 24.0. The first-order valence-corrected chi connectivity index (χ1v) is 11.0. The SMILES string of the molecule is CCCCCCC(CCCCCCC(C)C)OC(=O)c1ccccc1C(=O)O. The Kier molecular flexibility index (Phi) is 12.3. The maximum absolute atomic E-state index is 12.6. The molecule has 0 aromatic heterocycles. The summed E-state index contributed by atoms with van der Waals surface area (Å²) >= 11 is 0. The number of carboxylic acids is 1. The van der Waals surface area contributed by atoms with E-state index in [0.29, 0.717) is 0 Å². The van der Waals surface area contributed by atoms with Gasteiger partial charge < -0.3 is 9.84 Å². The summed E-state index contributed by atoms with van der Waals surface area (Å²) in [6.07, 6.45) is 12.1. The molecule has 0 radical (unpaired) electrons. The monoisotopic (exact) mass is 390 g/mol. The maximum Gasteiger partial charge on any atom is 0.339 e. The van der Waals surface area contributed by atoms with Gasteiger partial charge in [0.2, 0.25) is 0 Å². The van der Waals surface area contributed by atoms with Crippen molar-refractivity contribution >= 4 is 11.9 Å².